The van der Waals surface area contributed by atoms with Gasteiger partial charge in [0.15, 0.2) is 0 Å². The number of rotatable bonds is 2. The minimum absolute atomic E-state index is 0.354. The van der Waals surface area contributed by atoms with Crippen molar-refractivity contribution < 1.29 is 4.42 Å². The number of fused-ring (bicyclic) bond motifs is 1. The van der Waals surface area contributed by atoms with E-state index in [0.717, 1.165) is 32.4 Å². The Kier molecular flexibility index (Phi) is 2.69. The molecule has 1 aromatic carbocycles. The summed E-state index contributed by atoms with van der Waals surface area (Å²) in [5.41, 5.74) is 2.87. The van der Waals surface area contributed by atoms with Gasteiger partial charge in [0.05, 0.1) is 24.4 Å². The SMILES string of the molecule is N#CCc1c(-c2ccco2)[nH]c2ccc(Br)cc12. The van der Waals surface area contributed by atoms with Gasteiger partial charge < -0.3 is 9.40 Å². The van der Waals surface area contributed by atoms with Crippen molar-refractivity contribution >= 4 is 26.8 Å². The van der Waals surface area contributed by atoms with Crippen molar-refractivity contribution in [2.75, 3.05) is 0 Å². The number of hydrogen-bond donors (Lipinski definition) is 1. The van der Waals surface area contributed by atoms with Gasteiger partial charge in [-0.15, -0.1) is 0 Å². The highest BCUT2D eigenvalue weighted by Gasteiger charge is 2.14. The van der Waals surface area contributed by atoms with Gasteiger partial charge in [-0.05, 0) is 30.3 Å². The molecule has 4 heteroatoms. The van der Waals surface area contributed by atoms with Crippen LogP contribution in [0.3, 0.4) is 0 Å². The number of furan rings is 1. The zero-order valence-electron chi connectivity index (χ0n) is 9.40. The van der Waals surface area contributed by atoms with Crippen molar-refractivity contribution in [3.05, 3.63) is 46.6 Å². The first-order valence-electron chi connectivity index (χ1n) is 5.50. The second-order valence-electron chi connectivity index (χ2n) is 3.98. The molecule has 0 spiro atoms. The van der Waals surface area contributed by atoms with Gasteiger partial charge in [-0.1, -0.05) is 15.9 Å². The van der Waals surface area contributed by atoms with Crippen LogP contribution in [0.25, 0.3) is 22.4 Å². The maximum atomic E-state index is 8.98. The Labute approximate surface area is 112 Å². The Hall–Kier alpha value is -1.99. The van der Waals surface area contributed by atoms with Crippen molar-refractivity contribution in [3.63, 3.8) is 0 Å². The van der Waals surface area contributed by atoms with Crippen LogP contribution in [-0.4, -0.2) is 4.98 Å². The first-order chi connectivity index (χ1) is 8.79. The highest BCUT2D eigenvalue weighted by molar-refractivity contribution is 9.10. The van der Waals surface area contributed by atoms with Gasteiger partial charge in [0.25, 0.3) is 0 Å². The van der Waals surface area contributed by atoms with Crippen LogP contribution in [-0.2, 0) is 6.42 Å². The van der Waals surface area contributed by atoms with Crippen LogP contribution in [0.1, 0.15) is 5.56 Å². The van der Waals surface area contributed by atoms with Gasteiger partial charge >= 0.3 is 0 Å². The number of benzene rings is 1. The number of H-pyrrole nitrogens is 1. The predicted molar refractivity (Wildman–Crippen MR) is 73.0 cm³/mol. The molecule has 0 bridgehead atoms. The Morgan fingerprint density at radius 2 is 2.22 bits per heavy atom. The smallest absolute Gasteiger partial charge is 0.150 e. The summed E-state index contributed by atoms with van der Waals surface area (Å²) in [6.07, 6.45) is 1.99. The average Bonchev–Trinajstić information content (AvgIpc) is 2.98. The minimum atomic E-state index is 0.354. The molecule has 1 N–H and O–H groups in total. The second-order valence-corrected chi connectivity index (χ2v) is 4.90. The van der Waals surface area contributed by atoms with Crippen LogP contribution in [0, 0.1) is 11.3 Å². The van der Waals surface area contributed by atoms with Crippen LogP contribution in [0.4, 0.5) is 0 Å². The Balaban J connectivity index is 2.31. The molecular weight excluding hydrogens is 292 g/mol. The highest BCUT2D eigenvalue weighted by Crippen LogP contribution is 2.32. The fraction of sp³-hybridized carbons (Fsp3) is 0.0714. The van der Waals surface area contributed by atoms with E-state index in [4.69, 9.17) is 9.68 Å². The van der Waals surface area contributed by atoms with Crippen molar-refractivity contribution in [1.29, 1.82) is 5.26 Å². The largest absolute Gasteiger partial charge is 0.463 e. The van der Waals surface area contributed by atoms with Gasteiger partial charge in [-0.3, -0.25) is 0 Å². The quantitative estimate of drug-likeness (QED) is 0.769. The van der Waals surface area contributed by atoms with E-state index in [-0.39, 0.29) is 0 Å². The molecule has 0 unspecified atom stereocenters. The lowest BCUT2D eigenvalue weighted by Crippen LogP contribution is -1.83. The van der Waals surface area contributed by atoms with E-state index in [1.165, 1.54) is 0 Å². The molecule has 0 atom stereocenters. The molecule has 0 amide bonds. The molecule has 0 fully saturated rings. The summed E-state index contributed by atoms with van der Waals surface area (Å²) in [4.78, 5) is 3.31. The second kappa shape index (κ2) is 4.35. The number of nitriles is 1. The van der Waals surface area contributed by atoms with Crippen LogP contribution in [0.5, 0.6) is 0 Å². The number of nitrogens with one attached hydrogen (secondary N) is 1. The molecule has 0 saturated carbocycles. The third-order valence-corrected chi connectivity index (χ3v) is 3.38. The third kappa shape index (κ3) is 1.73. The van der Waals surface area contributed by atoms with Gasteiger partial charge in [0.1, 0.15) is 5.76 Å². The van der Waals surface area contributed by atoms with E-state index < -0.39 is 0 Å². The van der Waals surface area contributed by atoms with E-state index in [2.05, 4.69) is 27.0 Å². The Morgan fingerprint density at radius 3 is 2.94 bits per heavy atom. The monoisotopic (exact) mass is 300 g/mol. The minimum Gasteiger partial charge on any atom is -0.463 e. The number of hydrogen-bond acceptors (Lipinski definition) is 2. The summed E-state index contributed by atoms with van der Waals surface area (Å²) in [5, 5.41) is 10.0. The first-order valence-corrected chi connectivity index (χ1v) is 6.30. The van der Waals surface area contributed by atoms with Gasteiger partial charge in [0.2, 0.25) is 0 Å². The maximum Gasteiger partial charge on any atom is 0.150 e. The lowest BCUT2D eigenvalue weighted by Gasteiger charge is -1.97. The fourth-order valence-corrected chi connectivity index (χ4v) is 2.47. The Morgan fingerprint density at radius 1 is 1.33 bits per heavy atom. The number of nitrogens with zero attached hydrogens (tertiary/aromatic N) is 1. The first kappa shape index (κ1) is 11.1. The predicted octanol–water partition coefficient (Wildman–Crippen LogP) is 4.26. The van der Waals surface area contributed by atoms with E-state index in [1.54, 1.807) is 6.26 Å². The molecule has 3 aromatic rings. The zero-order valence-corrected chi connectivity index (χ0v) is 11.0. The van der Waals surface area contributed by atoms with Crippen molar-refractivity contribution in [2.24, 2.45) is 0 Å². The molecular formula is C14H9BrN2O. The van der Waals surface area contributed by atoms with Gasteiger partial charge in [-0.2, -0.15) is 5.26 Å². The number of aromatic nitrogens is 1. The third-order valence-electron chi connectivity index (χ3n) is 2.89. The lowest BCUT2D eigenvalue weighted by atomic mass is 10.1. The summed E-state index contributed by atoms with van der Waals surface area (Å²) < 4.78 is 6.41. The number of aromatic amines is 1. The molecule has 18 heavy (non-hydrogen) atoms. The van der Waals surface area contributed by atoms with E-state index in [0.29, 0.717) is 6.42 Å². The molecule has 2 aromatic heterocycles. The maximum absolute atomic E-state index is 8.98. The zero-order chi connectivity index (χ0) is 12.5. The standard InChI is InChI=1S/C14H9BrN2O/c15-9-3-4-12-11(8-9)10(5-6-16)14(17-12)13-2-1-7-18-13/h1-4,7-8,17H,5H2. The number of halogens is 1. The van der Waals surface area contributed by atoms with Gasteiger partial charge in [0, 0.05) is 20.9 Å². The molecule has 2 heterocycles. The summed E-state index contributed by atoms with van der Waals surface area (Å²) in [7, 11) is 0. The van der Waals surface area contributed by atoms with E-state index in [9.17, 15) is 0 Å². The van der Waals surface area contributed by atoms with Crippen LogP contribution < -0.4 is 0 Å². The van der Waals surface area contributed by atoms with Crippen LogP contribution >= 0.6 is 15.9 Å². The normalized spacial score (nSPS) is 10.7. The van der Waals surface area contributed by atoms with Crippen LogP contribution in [0.15, 0.2) is 45.5 Å². The topological polar surface area (TPSA) is 52.7 Å². The van der Waals surface area contributed by atoms with Crippen LogP contribution in [0.2, 0.25) is 0 Å². The molecule has 3 rings (SSSR count). The molecule has 0 saturated heterocycles. The van der Waals surface area contributed by atoms with E-state index in [1.807, 2.05) is 30.3 Å². The molecule has 88 valence electrons. The summed E-state index contributed by atoms with van der Waals surface area (Å²) in [5.74, 6) is 0.757. The average molecular weight is 301 g/mol. The molecule has 0 aliphatic rings. The lowest BCUT2D eigenvalue weighted by molar-refractivity contribution is 0.580. The fourth-order valence-electron chi connectivity index (χ4n) is 2.11. The highest BCUT2D eigenvalue weighted by atomic mass is 79.9. The Bertz CT molecular complexity index is 735. The summed E-state index contributed by atoms with van der Waals surface area (Å²) >= 11 is 3.46. The molecule has 3 nitrogen and oxygen atoms in total. The van der Waals surface area contributed by atoms with Crippen molar-refractivity contribution in [2.45, 2.75) is 6.42 Å². The summed E-state index contributed by atoms with van der Waals surface area (Å²) in [6.45, 7) is 0. The summed E-state index contributed by atoms with van der Waals surface area (Å²) in [6, 6.07) is 11.9. The van der Waals surface area contributed by atoms with Crippen molar-refractivity contribution in [1.82, 2.24) is 4.98 Å². The molecule has 0 aliphatic carbocycles. The molecule has 0 aliphatic heterocycles. The van der Waals surface area contributed by atoms with E-state index >= 15 is 0 Å². The molecule has 0 radical (unpaired) electrons. The van der Waals surface area contributed by atoms with Gasteiger partial charge in [-0.25, -0.2) is 0 Å². The van der Waals surface area contributed by atoms with Crippen molar-refractivity contribution in [3.8, 4) is 17.5 Å².